The fourth-order valence-corrected chi connectivity index (χ4v) is 2.14. The van der Waals surface area contributed by atoms with E-state index in [1.807, 2.05) is 0 Å². The molecule has 1 aromatic heterocycles. The van der Waals surface area contributed by atoms with Crippen LogP contribution in [-0.4, -0.2) is 30.5 Å². The number of hydrogen-bond acceptors (Lipinski definition) is 5. The van der Waals surface area contributed by atoms with Gasteiger partial charge in [-0.05, 0) is 31.2 Å². The number of nitrogens with zero attached hydrogens (tertiary/aromatic N) is 1. The minimum atomic E-state index is -0.925. The summed E-state index contributed by atoms with van der Waals surface area (Å²) in [7, 11) is 2.36. The molecule has 1 aromatic carbocycles. The van der Waals surface area contributed by atoms with E-state index in [1.54, 1.807) is 0 Å². The minimum Gasteiger partial charge on any atom is -0.495 e. The van der Waals surface area contributed by atoms with E-state index >= 15 is 0 Å². The van der Waals surface area contributed by atoms with Crippen molar-refractivity contribution in [2.45, 2.75) is 6.92 Å². The van der Waals surface area contributed by atoms with Crippen molar-refractivity contribution in [3.63, 3.8) is 0 Å². The Morgan fingerprint density at radius 2 is 1.74 bits per heavy atom. The van der Waals surface area contributed by atoms with Gasteiger partial charge in [0.1, 0.15) is 5.82 Å². The summed E-state index contributed by atoms with van der Waals surface area (Å²) in [5.74, 6) is -1.95. The summed E-state index contributed by atoms with van der Waals surface area (Å²) >= 11 is 0. The van der Waals surface area contributed by atoms with E-state index in [4.69, 9.17) is 4.74 Å². The molecule has 0 aliphatic heterocycles. The Morgan fingerprint density at radius 1 is 1.13 bits per heavy atom. The number of ketones is 1. The number of esters is 1. The largest absolute Gasteiger partial charge is 0.495 e. The van der Waals surface area contributed by atoms with Gasteiger partial charge in [-0.25, -0.2) is 9.18 Å². The molecular weight excluding hydrogens is 305 g/mol. The van der Waals surface area contributed by atoms with E-state index < -0.39 is 28.7 Å². The normalized spacial score (nSPS) is 10.3. The average Bonchev–Trinajstić information content (AvgIpc) is 2.54. The number of rotatable bonds is 4. The van der Waals surface area contributed by atoms with Crippen molar-refractivity contribution < 1.29 is 23.5 Å². The van der Waals surface area contributed by atoms with Gasteiger partial charge in [0.25, 0.3) is 5.56 Å². The summed E-state index contributed by atoms with van der Waals surface area (Å²) in [6.07, 6.45) is 1.25. The smallest absolute Gasteiger partial charge is 0.347 e. The number of pyridine rings is 1. The minimum absolute atomic E-state index is 0.0387. The highest BCUT2D eigenvalue weighted by molar-refractivity contribution is 6.02. The van der Waals surface area contributed by atoms with Gasteiger partial charge < -0.3 is 9.47 Å². The van der Waals surface area contributed by atoms with Gasteiger partial charge in [0.05, 0.1) is 19.8 Å². The topological polar surface area (TPSA) is 74.6 Å². The van der Waals surface area contributed by atoms with Crippen LogP contribution in [0.1, 0.15) is 27.6 Å². The highest BCUT2D eigenvalue weighted by Crippen LogP contribution is 2.23. The second-order valence-corrected chi connectivity index (χ2v) is 4.65. The first-order valence-corrected chi connectivity index (χ1v) is 6.59. The Kier molecular flexibility index (Phi) is 4.59. The molecule has 2 aromatic rings. The maximum atomic E-state index is 13.1. The molecule has 0 spiro atoms. The second-order valence-electron chi connectivity index (χ2n) is 4.65. The monoisotopic (exact) mass is 319 g/mol. The molecule has 6 nitrogen and oxygen atoms in total. The van der Waals surface area contributed by atoms with E-state index in [0.717, 1.165) is 23.8 Å². The third-order valence-corrected chi connectivity index (χ3v) is 3.24. The third-order valence-electron chi connectivity index (χ3n) is 3.24. The van der Waals surface area contributed by atoms with Gasteiger partial charge in [-0.1, -0.05) is 0 Å². The van der Waals surface area contributed by atoms with Crippen LogP contribution in [0, 0.1) is 5.82 Å². The van der Waals surface area contributed by atoms with E-state index in [9.17, 15) is 18.8 Å². The Morgan fingerprint density at radius 3 is 2.22 bits per heavy atom. The second kappa shape index (κ2) is 6.43. The van der Waals surface area contributed by atoms with Gasteiger partial charge in [0.2, 0.25) is 0 Å². The predicted molar refractivity (Wildman–Crippen MR) is 79.9 cm³/mol. The zero-order valence-corrected chi connectivity index (χ0v) is 12.8. The first kappa shape index (κ1) is 16.4. The lowest BCUT2D eigenvalue weighted by molar-refractivity contribution is 0.0594. The molecule has 0 saturated heterocycles. The van der Waals surface area contributed by atoms with E-state index in [2.05, 4.69) is 4.74 Å². The lowest BCUT2D eigenvalue weighted by Gasteiger charge is -2.14. The van der Waals surface area contributed by atoms with E-state index in [-0.39, 0.29) is 11.3 Å². The molecule has 0 bridgehead atoms. The molecule has 0 N–H and O–H groups in total. The molecule has 0 radical (unpaired) electrons. The fraction of sp³-hybridized carbons (Fsp3) is 0.188. The van der Waals surface area contributed by atoms with Gasteiger partial charge in [-0.15, -0.1) is 0 Å². The number of benzene rings is 1. The molecule has 0 aliphatic rings. The lowest BCUT2D eigenvalue weighted by Crippen LogP contribution is -2.28. The SMILES string of the molecule is COC(=O)c1c(OC)c(C(C)=O)cn(-c2ccc(F)cc2)c1=O. The molecular formula is C16H14FNO5. The summed E-state index contributed by atoms with van der Waals surface area (Å²) < 4.78 is 23.8. The van der Waals surface area contributed by atoms with Gasteiger partial charge in [0, 0.05) is 11.9 Å². The Balaban J connectivity index is 2.86. The van der Waals surface area contributed by atoms with Crippen LogP contribution in [0.2, 0.25) is 0 Å². The van der Waals surface area contributed by atoms with Crippen molar-refractivity contribution in [1.29, 1.82) is 0 Å². The predicted octanol–water partition coefficient (Wildman–Crippen LogP) is 1.97. The first-order chi connectivity index (χ1) is 10.9. The lowest BCUT2D eigenvalue weighted by atomic mass is 10.1. The van der Waals surface area contributed by atoms with Gasteiger partial charge in [-0.2, -0.15) is 0 Å². The number of hydrogen-bond donors (Lipinski definition) is 0. The number of Topliss-reactive ketones (excluding diaryl/α,β-unsaturated/α-hetero) is 1. The molecule has 7 heteroatoms. The highest BCUT2D eigenvalue weighted by Gasteiger charge is 2.25. The zero-order valence-electron chi connectivity index (χ0n) is 12.8. The molecule has 0 saturated carbocycles. The quantitative estimate of drug-likeness (QED) is 0.636. The molecule has 2 rings (SSSR count). The Bertz CT molecular complexity index is 824. The van der Waals surface area contributed by atoms with E-state index in [0.29, 0.717) is 5.69 Å². The molecule has 0 fully saturated rings. The summed E-state index contributed by atoms with van der Waals surface area (Å²) in [6.45, 7) is 1.28. The maximum Gasteiger partial charge on any atom is 0.347 e. The molecule has 0 aliphatic carbocycles. The van der Waals surface area contributed by atoms with Crippen LogP contribution in [0.3, 0.4) is 0 Å². The molecule has 0 unspecified atom stereocenters. The van der Waals surface area contributed by atoms with E-state index in [1.165, 1.54) is 32.4 Å². The summed E-state index contributed by atoms with van der Waals surface area (Å²) in [4.78, 5) is 36.4. The highest BCUT2D eigenvalue weighted by atomic mass is 19.1. The van der Waals surface area contributed by atoms with Crippen LogP contribution >= 0.6 is 0 Å². The molecule has 0 amide bonds. The van der Waals surface area contributed by atoms with Crippen molar-refractivity contribution in [3.8, 4) is 11.4 Å². The molecule has 23 heavy (non-hydrogen) atoms. The van der Waals surface area contributed by atoms with Crippen LogP contribution < -0.4 is 10.3 Å². The van der Waals surface area contributed by atoms with Crippen LogP contribution in [-0.2, 0) is 4.74 Å². The number of carbonyl (C=O) groups excluding carboxylic acids is 2. The maximum absolute atomic E-state index is 13.1. The van der Waals surface area contributed by atoms with Gasteiger partial charge in [0.15, 0.2) is 17.1 Å². The Labute approximate surface area is 131 Å². The molecule has 1 heterocycles. The van der Waals surface area contributed by atoms with Crippen LogP contribution in [0.4, 0.5) is 4.39 Å². The fourth-order valence-electron chi connectivity index (χ4n) is 2.14. The number of halogens is 1. The molecule has 120 valence electrons. The van der Waals surface area contributed by atoms with Gasteiger partial charge >= 0.3 is 5.97 Å². The van der Waals surface area contributed by atoms with Crippen molar-refractivity contribution in [3.05, 3.63) is 57.8 Å². The number of aromatic nitrogens is 1. The number of carbonyl (C=O) groups is 2. The van der Waals surface area contributed by atoms with Crippen molar-refractivity contribution >= 4 is 11.8 Å². The van der Waals surface area contributed by atoms with Crippen molar-refractivity contribution in [2.75, 3.05) is 14.2 Å². The van der Waals surface area contributed by atoms with Crippen molar-refractivity contribution in [2.24, 2.45) is 0 Å². The third kappa shape index (κ3) is 2.98. The molecule has 0 atom stereocenters. The van der Waals surface area contributed by atoms with Gasteiger partial charge in [-0.3, -0.25) is 14.2 Å². The zero-order chi connectivity index (χ0) is 17.1. The van der Waals surface area contributed by atoms with Crippen molar-refractivity contribution in [1.82, 2.24) is 4.57 Å². The summed E-state index contributed by atoms with van der Waals surface area (Å²) in [5.41, 5.74) is -0.791. The number of ether oxygens (including phenoxy) is 2. The van der Waals surface area contributed by atoms with Crippen LogP contribution in [0.5, 0.6) is 5.75 Å². The van der Waals surface area contributed by atoms with Crippen LogP contribution in [0.15, 0.2) is 35.3 Å². The standard InChI is InChI=1S/C16H14FNO5/c1-9(19)12-8-18(11-6-4-10(17)5-7-11)15(20)13(14(12)22-2)16(21)23-3/h4-8H,1-3H3. The first-order valence-electron chi connectivity index (χ1n) is 6.59. The number of methoxy groups -OCH3 is 2. The van der Waals surface area contributed by atoms with Crippen LogP contribution in [0.25, 0.3) is 5.69 Å². The Hall–Kier alpha value is -2.96. The summed E-state index contributed by atoms with van der Waals surface area (Å²) in [6, 6.07) is 5.04. The average molecular weight is 319 g/mol. The summed E-state index contributed by atoms with van der Waals surface area (Å²) in [5, 5.41) is 0.